The molecule has 20 heavy (non-hydrogen) atoms. The molecule has 1 aromatic heterocycles. The van der Waals surface area contributed by atoms with Gasteiger partial charge in [-0.1, -0.05) is 6.42 Å². The first kappa shape index (κ1) is 15.9. The molecular formula is C13H23N3O2S2. The summed E-state index contributed by atoms with van der Waals surface area (Å²) in [5, 5.41) is 0. The first-order valence-corrected chi connectivity index (χ1v) is 9.34. The van der Waals surface area contributed by atoms with Gasteiger partial charge in [-0.3, -0.25) is 0 Å². The molecule has 0 amide bonds. The van der Waals surface area contributed by atoms with Crippen LogP contribution in [0.25, 0.3) is 0 Å². The molecule has 2 heterocycles. The summed E-state index contributed by atoms with van der Waals surface area (Å²) in [5.41, 5.74) is 6.55. The highest BCUT2D eigenvalue weighted by Crippen LogP contribution is 2.25. The predicted octanol–water partition coefficient (Wildman–Crippen LogP) is 1.28. The maximum atomic E-state index is 12.2. The van der Waals surface area contributed by atoms with E-state index in [0.29, 0.717) is 17.3 Å². The predicted molar refractivity (Wildman–Crippen MR) is 82.4 cm³/mol. The lowest BCUT2D eigenvalue weighted by atomic mass is 10.1. The lowest BCUT2D eigenvalue weighted by Gasteiger charge is -2.26. The van der Waals surface area contributed by atoms with E-state index in [2.05, 4.69) is 9.62 Å². The summed E-state index contributed by atoms with van der Waals surface area (Å²) in [7, 11) is -3.39. The molecule has 1 fully saturated rings. The van der Waals surface area contributed by atoms with Crippen molar-refractivity contribution in [1.29, 1.82) is 0 Å². The van der Waals surface area contributed by atoms with E-state index in [1.807, 2.05) is 6.92 Å². The molecule has 0 aliphatic carbocycles. The average Bonchev–Trinajstić information content (AvgIpc) is 2.82. The minimum absolute atomic E-state index is 0.370. The highest BCUT2D eigenvalue weighted by Gasteiger charge is 2.18. The Hall–Kier alpha value is -0.470. The molecule has 0 spiro atoms. The van der Waals surface area contributed by atoms with Gasteiger partial charge in [0, 0.05) is 24.5 Å². The molecular weight excluding hydrogens is 294 g/mol. The van der Waals surface area contributed by atoms with Crippen LogP contribution in [-0.2, 0) is 16.6 Å². The number of hydrogen-bond donors (Lipinski definition) is 2. The van der Waals surface area contributed by atoms with Gasteiger partial charge in [0.05, 0.1) is 0 Å². The maximum absolute atomic E-state index is 12.2. The molecule has 114 valence electrons. The molecule has 7 heteroatoms. The van der Waals surface area contributed by atoms with E-state index >= 15 is 0 Å². The molecule has 0 atom stereocenters. The number of sulfonamides is 1. The van der Waals surface area contributed by atoms with Crippen molar-refractivity contribution >= 4 is 21.4 Å². The molecule has 1 aliphatic rings. The van der Waals surface area contributed by atoms with Crippen LogP contribution in [0, 0.1) is 6.92 Å². The second-order valence-corrected chi connectivity index (χ2v) is 8.31. The van der Waals surface area contributed by atoms with Gasteiger partial charge in [-0.2, -0.15) is 0 Å². The van der Waals surface area contributed by atoms with E-state index in [1.54, 1.807) is 6.07 Å². The van der Waals surface area contributed by atoms with Crippen LogP contribution in [0.1, 0.15) is 29.7 Å². The van der Waals surface area contributed by atoms with Gasteiger partial charge in [0.15, 0.2) is 0 Å². The SMILES string of the molecule is Cc1cc(S(=O)(=O)NCCN2CCCCC2)sc1CN. The van der Waals surface area contributed by atoms with Gasteiger partial charge in [0.2, 0.25) is 10.0 Å². The Morgan fingerprint density at radius 1 is 1.35 bits per heavy atom. The van der Waals surface area contributed by atoms with Crippen molar-refractivity contribution in [2.75, 3.05) is 26.2 Å². The summed E-state index contributed by atoms with van der Waals surface area (Å²) in [4.78, 5) is 3.25. The van der Waals surface area contributed by atoms with Crippen LogP contribution in [0.3, 0.4) is 0 Å². The monoisotopic (exact) mass is 317 g/mol. The molecule has 3 N–H and O–H groups in total. The quantitative estimate of drug-likeness (QED) is 0.829. The van der Waals surface area contributed by atoms with Gasteiger partial charge >= 0.3 is 0 Å². The Labute approximate surface area is 125 Å². The van der Waals surface area contributed by atoms with Crippen molar-refractivity contribution in [3.63, 3.8) is 0 Å². The Balaban J connectivity index is 1.89. The molecule has 0 aromatic carbocycles. The van der Waals surface area contributed by atoms with Crippen LogP contribution in [0.4, 0.5) is 0 Å². The number of piperidine rings is 1. The number of nitrogens with zero attached hydrogens (tertiary/aromatic N) is 1. The summed E-state index contributed by atoms with van der Waals surface area (Å²) >= 11 is 1.26. The fourth-order valence-electron chi connectivity index (χ4n) is 2.42. The summed E-state index contributed by atoms with van der Waals surface area (Å²) in [5.74, 6) is 0. The first-order chi connectivity index (χ1) is 9.53. The van der Waals surface area contributed by atoms with Crippen molar-refractivity contribution in [3.8, 4) is 0 Å². The average molecular weight is 317 g/mol. The van der Waals surface area contributed by atoms with Crippen molar-refractivity contribution in [2.45, 2.75) is 36.9 Å². The number of nitrogens with two attached hydrogens (primary N) is 1. The Kier molecular flexibility index (Phi) is 5.57. The third-order valence-corrected chi connectivity index (χ3v) is 6.81. The summed E-state index contributed by atoms with van der Waals surface area (Å²) in [6.45, 7) is 5.70. The smallest absolute Gasteiger partial charge is 0.250 e. The number of aryl methyl sites for hydroxylation is 1. The lowest BCUT2D eigenvalue weighted by molar-refractivity contribution is 0.233. The molecule has 1 saturated heterocycles. The van der Waals surface area contributed by atoms with Gasteiger partial charge in [-0.05, 0) is 44.5 Å². The summed E-state index contributed by atoms with van der Waals surface area (Å²) in [6.07, 6.45) is 3.73. The molecule has 0 unspecified atom stereocenters. The minimum Gasteiger partial charge on any atom is -0.326 e. The molecule has 0 radical (unpaired) electrons. The highest BCUT2D eigenvalue weighted by molar-refractivity contribution is 7.91. The Morgan fingerprint density at radius 3 is 2.65 bits per heavy atom. The topological polar surface area (TPSA) is 75.4 Å². The van der Waals surface area contributed by atoms with Gasteiger partial charge < -0.3 is 10.6 Å². The zero-order valence-corrected chi connectivity index (χ0v) is 13.5. The fraction of sp³-hybridized carbons (Fsp3) is 0.692. The van der Waals surface area contributed by atoms with Gasteiger partial charge in [0.1, 0.15) is 4.21 Å². The van der Waals surface area contributed by atoms with Crippen LogP contribution >= 0.6 is 11.3 Å². The molecule has 1 aliphatic heterocycles. The van der Waals surface area contributed by atoms with E-state index in [-0.39, 0.29) is 0 Å². The lowest BCUT2D eigenvalue weighted by Crippen LogP contribution is -2.37. The molecule has 0 bridgehead atoms. The number of rotatable bonds is 6. The summed E-state index contributed by atoms with van der Waals surface area (Å²) in [6, 6.07) is 1.70. The first-order valence-electron chi connectivity index (χ1n) is 7.04. The molecule has 0 saturated carbocycles. The van der Waals surface area contributed by atoms with Crippen molar-refractivity contribution in [2.24, 2.45) is 5.73 Å². The van der Waals surface area contributed by atoms with Crippen LogP contribution in [0.15, 0.2) is 10.3 Å². The van der Waals surface area contributed by atoms with Gasteiger partial charge in [-0.25, -0.2) is 13.1 Å². The van der Waals surface area contributed by atoms with Crippen LogP contribution in [-0.4, -0.2) is 39.5 Å². The fourth-order valence-corrected chi connectivity index (χ4v) is 4.95. The third-order valence-electron chi connectivity index (χ3n) is 3.62. The maximum Gasteiger partial charge on any atom is 0.250 e. The number of hydrogen-bond acceptors (Lipinski definition) is 5. The van der Waals surface area contributed by atoms with Gasteiger partial charge in [-0.15, -0.1) is 11.3 Å². The molecule has 1 aromatic rings. The van der Waals surface area contributed by atoms with Crippen LogP contribution < -0.4 is 10.5 Å². The zero-order valence-electron chi connectivity index (χ0n) is 11.9. The standard InChI is InChI=1S/C13H23N3O2S2/c1-11-9-13(19-12(11)10-14)20(17,18)15-5-8-16-6-3-2-4-7-16/h9,15H,2-8,10,14H2,1H3. The molecule has 2 rings (SSSR count). The van der Waals surface area contributed by atoms with E-state index < -0.39 is 10.0 Å². The summed E-state index contributed by atoms with van der Waals surface area (Å²) < 4.78 is 27.4. The number of thiophene rings is 1. The van der Waals surface area contributed by atoms with E-state index in [0.717, 1.165) is 30.1 Å². The highest BCUT2D eigenvalue weighted by atomic mass is 32.2. The third kappa shape index (κ3) is 4.02. The van der Waals surface area contributed by atoms with E-state index in [9.17, 15) is 8.42 Å². The largest absolute Gasteiger partial charge is 0.326 e. The van der Waals surface area contributed by atoms with Crippen molar-refractivity contribution in [1.82, 2.24) is 9.62 Å². The van der Waals surface area contributed by atoms with Crippen LogP contribution in [0.2, 0.25) is 0 Å². The zero-order chi connectivity index (χ0) is 14.6. The molecule has 5 nitrogen and oxygen atoms in total. The van der Waals surface area contributed by atoms with E-state index in [1.165, 1.54) is 30.6 Å². The second-order valence-electron chi connectivity index (χ2n) is 5.18. The number of likely N-dealkylation sites (tertiary alicyclic amines) is 1. The van der Waals surface area contributed by atoms with Crippen molar-refractivity contribution in [3.05, 3.63) is 16.5 Å². The van der Waals surface area contributed by atoms with Gasteiger partial charge in [0.25, 0.3) is 0 Å². The minimum atomic E-state index is -3.39. The normalized spacial score (nSPS) is 17.5. The Morgan fingerprint density at radius 2 is 2.05 bits per heavy atom. The Bertz CT molecular complexity index is 534. The van der Waals surface area contributed by atoms with E-state index in [4.69, 9.17) is 5.73 Å². The van der Waals surface area contributed by atoms with Crippen LogP contribution in [0.5, 0.6) is 0 Å². The van der Waals surface area contributed by atoms with Crippen molar-refractivity contribution < 1.29 is 8.42 Å². The second kappa shape index (κ2) is 7.00. The number of nitrogens with one attached hydrogen (secondary N) is 1.